The van der Waals surface area contributed by atoms with Crippen LogP contribution in [0.1, 0.15) is 36.3 Å². The molecule has 0 aliphatic rings. The minimum absolute atomic E-state index is 0.351. The number of methoxy groups -OCH3 is 1. The zero-order valence-corrected chi connectivity index (χ0v) is 18.8. The second-order valence-corrected chi connectivity index (χ2v) is 7.78. The molecule has 4 rings (SSSR count). The summed E-state index contributed by atoms with van der Waals surface area (Å²) in [5.41, 5.74) is 2.01. The normalized spacial score (nSPS) is 11.4. The van der Waals surface area contributed by atoms with E-state index < -0.39 is 5.69 Å². The van der Waals surface area contributed by atoms with Gasteiger partial charge >= 0.3 is 5.69 Å². The second-order valence-electron chi connectivity index (χ2n) is 7.78. The van der Waals surface area contributed by atoms with E-state index in [0.717, 1.165) is 40.2 Å². The summed E-state index contributed by atoms with van der Waals surface area (Å²) in [6.07, 6.45) is 4.56. The zero-order valence-electron chi connectivity index (χ0n) is 18.8. The van der Waals surface area contributed by atoms with Gasteiger partial charge in [-0.2, -0.15) is 0 Å². The van der Waals surface area contributed by atoms with Crippen LogP contribution >= 0.6 is 0 Å². The summed E-state index contributed by atoms with van der Waals surface area (Å²) in [6, 6.07) is 7.69. The largest absolute Gasteiger partial charge is 0.497 e. The SMILES string of the molecule is CCc1coc(CCCc2nc3c(c(=O)n(C)c(=O)n3C)n2Cc2ccc(OC)cc2)n1. The lowest BCUT2D eigenvalue weighted by molar-refractivity contribution is 0.414. The molecule has 4 aromatic rings. The smallest absolute Gasteiger partial charge is 0.332 e. The van der Waals surface area contributed by atoms with Gasteiger partial charge in [-0.05, 0) is 30.5 Å². The van der Waals surface area contributed by atoms with E-state index in [1.165, 1.54) is 11.6 Å². The summed E-state index contributed by atoms with van der Waals surface area (Å²) < 4.78 is 15.2. The first-order valence-corrected chi connectivity index (χ1v) is 10.6. The van der Waals surface area contributed by atoms with Crippen molar-refractivity contribution in [2.24, 2.45) is 14.1 Å². The minimum Gasteiger partial charge on any atom is -0.497 e. The van der Waals surface area contributed by atoms with Crippen LogP contribution in [0.5, 0.6) is 5.75 Å². The van der Waals surface area contributed by atoms with Gasteiger partial charge in [-0.1, -0.05) is 19.1 Å². The number of oxazole rings is 1. The van der Waals surface area contributed by atoms with Crippen LogP contribution in [0.2, 0.25) is 0 Å². The van der Waals surface area contributed by atoms with E-state index >= 15 is 0 Å². The Balaban J connectivity index is 1.71. The Kier molecular flexibility index (Phi) is 5.98. The van der Waals surface area contributed by atoms with E-state index in [0.29, 0.717) is 36.4 Å². The van der Waals surface area contributed by atoms with Crippen LogP contribution in [0.4, 0.5) is 0 Å². The van der Waals surface area contributed by atoms with Crippen molar-refractivity contribution in [2.45, 2.75) is 39.2 Å². The van der Waals surface area contributed by atoms with E-state index in [4.69, 9.17) is 14.1 Å². The number of aryl methyl sites for hydroxylation is 4. The highest BCUT2D eigenvalue weighted by Crippen LogP contribution is 2.18. The van der Waals surface area contributed by atoms with Crippen molar-refractivity contribution < 1.29 is 9.15 Å². The lowest BCUT2D eigenvalue weighted by Gasteiger charge is -2.10. The molecular weight excluding hydrogens is 410 g/mol. The molecule has 0 aliphatic heterocycles. The number of nitrogens with zero attached hydrogens (tertiary/aromatic N) is 5. The molecule has 0 unspecified atom stereocenters. The molecule has 9 nitrogen and oxygen atoms in total. The molecule has 32 heavy (non-hydrogen) atoms. The molecule has 3 aromatic heterocycles. The molecule has 0 aliphatic carbocycles. The molecule has 0 radical (unpaired) electrons. The van der Waals surface area contributed by atoms with Crippen molar-refractivity contribution in [1.29, 1.82) is 0 Å². The van der Waals surface area contributed by atoms with Crippen molar-refractivity contribution >= 4 is 11.2 Å². The summed E-state index contributed by atoms with van der Waals surface area (Å²) in [5, 5.41) is 0. The van der Waals surface area contributed by atoms with E-state index in [9.17, 15) is 9.59 Å². The quantitative estimate of drug-likeness (QED) is 0.419. The van der Waals surface area contributed by atoms with E-state index in [-0.39, 0.29) is 5.56 Å². The van der Waals surface area contributed by atoms with Crippen molar-refractivity contribution in [2.75, 3.05) is 7.11 Å². The van der Waals surface area contributed by atoms with Gasteiger partial charge in [0, 0.05) is 33.5 Å². The van der Waals surface area contributed by atoms with Crippen LogP contribution in [-0.4, -0.2) is 30.8 Å². The maximum absolute atomic E-state index is 13.0. The van der Waals surface area contributed by atoms with Crippen molar-refractivity contribution in [1.82, 2.24) is 23.7 Å². The maximum Gasteiger partial charge on any atom is 0.332 e. The molecule has 0 atom stereocenters. The van der Waals surface area contributed by atoms with Crippen molar-refractivity contribution in [3.63, 3.8) is 0 Å². The van der Waals surface area contributed by atoms with Gasteiger partial charge in [0.1, 0.15) is 17.8 Å². The van der Waals surface area contributed by atoms with Crippen LogP contribution in [-0.2, 0) is 39.9 Å². The maximum atomic E-state index is 13.0. The molecule has 0 amide bonds. The summed E-state index contributed by atoms with van der Waals surface area (Å²) in [6.45, 7) is 2.50. The topological polar surface area (TPSA) is 97.1 Å². The van der Waals surface area contributed by atoms with E-state index in [1.54, 1.807) is 20.4 Å². The zero-order chi connectivity index (χ0) is 22.8. The third kappa shape index (κ3) is 3.98. The highest BCUT2D eigenvalue weighted by molar-refractivity contribution is 5.71. The molecule has 0 fully saturated rings. The Morgan fingerprint density at radius 1 is 1.03 bits per heavy atom. The summed E-state index contributed by atoms with van der Waals surface area (Å²) in [7, 11) is 4.75. The van der Waals surface area contributed by atoms with Gasteiger partial charge in [0.25, 0.3) is 5.56 Å². The summed E-state index contributed by atoms with van der Waals surface area (Å²) >= 11 is 0. The van der Waals surface area contributed by atoms with Crippen molar-refractivity contribution in [3.8, 4) is 5.75 Å². The minimum atomic E-state index is -0.393. The molecule has 9 heteroatoms. The highest BCUT2D eigenvalue weighted by atomic mass is 16.5. The molecule has 0 bridgehead atoms. The van der Waals surface area contributed by atoms with Crippen LogP contribution < -0.4 is 16.0 Å². The predicted octanol–water partition coefficient (Wildman–Crippen LogP) is 2.22. The summed E-state index contributed by atoms with van der Waals surface area (Å²) in [5.74, 6) is 2.21. The molecule has 1 aromatic carbocycles. The lowest BCUT2D eigenvalue weighted by atomic mass is 10.2. The number of fused-ring (bicyclic) bond motifs is 1. The van der Waals surface area contributed by atoms with Gasteiger partial charge in [0.2, 0.25) is 0 Å². The molecular formula is C23H27N5O4. The second kappa shape index (κ2) is 8.86. The first-order chi connectivity index (χ1) is 15.4. The number of hydrogen-bond acceptors (Lipinski definition) is 6. The Labute approximate surface area is 184 Å². The Morgan fingerprint density at radius 2 is 1.78 bits per heavy atom. The van der Waals surface area contributed by atoms with Gasteiger partial charge in [-0.25, -0.2) is 14.8 Å². The first-order valence-electron chi connectivity index (χ1n) is 10.6. The van der Waals surface area contributed by atoms with Crippen molar-refractivity contribution in [3.05, 3.63) is 74.3 Å². The third-order valence-electron chi connectivity index (χ3n) is 5.68. The van der Waals surface area contributed by atoms with Crippen LogP contribution in [0, 0.1) is 0 Å². The Hall–Kier alpha value is -3.62. The molecule has 0 saturated carbocycles. The number of rotatable bonds is 8. The standard InChI is InChI=1S/C23H27N5O4/c1-5-16-14-32-19(24-16)8-6-7-18-25-21-20(22(29)27(3)23(30)26(21)2)28(18)13-15-9-11-17(31-4)12-10-15/h9-12,14H,5-8,13H2,1-4H3. The van der Waals surface area contributed by atoms with Crippen LogP contribution in [0.25, 0.3) is 11.2 Å². The number of imidazole rings is 1. The third-order valence-corrected chi connectivity index (χ3v) is 5.68. The van der Waals surface area contributed by atoms with E-state index in [1.807, 2.05) is 35.8 Å². The molecule has 0 spiro atoms. The number of aromatic nitrogens is 5. The Bertz CT molecular complexity index is 1360. The van der Waals surface area contributed by atoms with E-state index in [2.05, 4.69) is 4.98 Å². The fourth-order valence-electron chi connectivity index (χ4n) is 3.79. The monoisotopic (exact) mass is 437 g/mol. The molecule has 3 heterocycles. The van der Waals surface area contributed by atoms with Crippen LogP contribution in [0.15, 0.2) is 44.5 Å². The van der Waals surface area contributed by atoms with Gasteiger partial charge in [0.05, 0.1) is 12.8 Å². The first kappa shape index (κ1) is 21.6. The highest BCUT2D eigenvalue weighted by Gasteiger charge is 2.19. The average molecular weight is 438 g/mol. The average Bonchev–Trinajstić information content (AvgIpc) is 3.42. The Morgan fingerprint density at radius 3 is 2.44 bits per heavy atom. The number of hydrogen-bond donors (Lipinski definition) is 0. The summed E-state index contributed by atoms with van der Waals surface area (Å²) in [4.78, 5) is 34.6. The molecule has 0 saturated heterocycles. The van der Waals surface area contributed by atoms with Gasteiger partial charge in [-0.15, -0.1) is 0 Å². The fourth-order valence-corrected chi connectivity index (χ4v) is 3.79. The fraction of sp³-hybridized carbons (Fsp3) is 0.391. The van der Waals surface area contributed by atoms with Gasteiger partial charge < -0.3 is 13.7 Å². The van der Waals surface area contributed by atoms with Crippen LogP contribution in [0.3, 0.4) is 0 Å². The predicted molar refractivity (Wildman–Crippen MR) is 120 cm³/mol. The number of benzene rings is 1. The number of ether oxygens (including phenoxy) is 1. The van der Waals surface area contributed by atoms with Gasteiger partial charge in [-0.3, -0.25) is 13.9 Å². The molecule has 168 valence electrons. The molecule has 0 N–H and O–H groups in total. The van der Waals surface area contributed by atoms with Gasteiger partial charge in [0.15, 0.2) is 17.1 Å². The lowest BCUT2D eigenvalue weighted by Crippen LogP contribution is -2.37.